The zero-order valence-corrected chi connectivity index (χ0v) is 10.5. The van der Waals surface area contributed by atoms with Gasteiger partial charge < -0.3 is 20.0 Å². The zero-order valence-electron chi connectivity index (χ0n) is 10.5. The number of aromatic amines is 1. The molecular formula is C12H14N4O3. The van der Waals surface area contributed by atoms with Gasteiger partial charge in [-0.05, 0) is 6.07 Å². The van der Waals surface area contributed by atoms with Gasteiger partial charge in [0.25, 0.3) is 0 Å². The van der Waals surface area contributed by atoms with Crippen LogP contribution in [0.15, 0.2) is 21.3 Å². The van der Waals surface area contributed by atoms with Gasteiger partial charge in [0.15, 0.2) is 5.58 Å². The van der Waals surface area contributed by atoms with Crippen molar-refractivity contribution in [1.82, 2.24) is 9.88 Å². The van der Waals surface area contributed by atoms with Gasteiger partial charge in [-0.2, -0.15) is 0 Å². The topological polar surface area (TPSA) is 95.6 Å². The number of benzene rings is 1. The van der Waals surface area contributed by atoms with Crippen molar-refractivity contribution in [2.75, 3.05) is 37.3 Å². The van der Waals surface area contributed by atoms with E-state index < -0.39 is 5.76 Å². The summed E-state index contributed by atoms with van der Waals surface area (Å²) < 4.78 is 4.94. The molecule has 1 aromatic heterocycles. The van der Waals surface area contributed by atoms with Gasteiger partial charge in [-0.3, -0.25) is 9.78 Å². The highest BCUT2D eigenvalue weighted by atomic mass is 16.4. The molecule has 0 spiro atoms. The number of aromatic nitrogens is 1. The maximum Gasteiger partial charge on any atom is 0.417 e. The second-order valence-electron chi connectivity index (χ2n) is 4.66. The number of nitrogens with zero attached hydrogens (tertiary/aromatic N) is 2. The van der Waals surface area contributed by atoms with Crippen molar-refractivity contribution in [3.8, 4) is 0 Å². The number of piperazine rings is 1. The summed E-state index contributed by atoms with van der Waals surface area (Å²) in [6.07, 6.45) is 0. The van der Waals surface area contributed by atoms with E-state index in [2.05, 4.69) is 4.98 Å². The molecule has 100 valence electrons. The second-order valence-corrected chi connectivity index (χ2v) is 4.66. The third kappa shape index (κ3) is 1.92. The highest BCUT2D eigenvalue weighted by Crippen LogP contribution is 2.28. The molecule has 0 saturated carbocycles. The lowest BCUT2D eigenvalue weighted by molar-refractivity contribution is -0.129. The zero-order chi connectivity index (χ0) is 13.6. The van der Waals surface area contributed by atoms with Gasteiger partial charge in [-0.25, -0.2) is 4.79 Å². The lowest BCUT2D eigenvalue weighted by Gasteiger charge is -2.34. The number of likely N-dealkylation sites (N-methyl/N-ethyl adjacent to an activating group) is 1. The van der Waals surface area contributed by atoms with Crippen molar-refractivity contribution in [1.29, 1.82) is 0 Å². The number of carbonyl (C=O) groups is 1. The number of nitrogens with two attached hydrogens (primary N) is 1. The van der Waals surface area contributed by atoms with Gasteiger partial charge in [0.1, 0.15) is 0 Å². The van der Waals surface area contributed by atoms with Gasteiger partial charge in [0, 0.05) is 26.2 Å². The van der Waals surface area contributed by atoms with E-state index in [1.165, 1.54) is 0 Å². The Labute approximate surface area is 108 Å². The average Bonchev–Trinajstić information content (AvgIpc) is 2.71. The number of hydrogen-bond acceptors (Lipinski definition) is 5. The van der Waals surface area contributed by atoms with Crippen molar-refractivity contribution in [2.45, 2.75) is 0 Å². The summed E-state index contributed by atoms with van der Waals surface area (Å²) in [4.78, 5) is 29.0. The first kappa shape index (κ1) is 11.6. The summed E-state index contributed by atoms with van der Waals surface area (Å²) in [7, 11) is 1.78. The minimum Gasteiger partial charge on any atom is -0.408 e. The molecule has 2 aromatic rings. The number of oxazole rings is 1. The Morgan fingerprint density at radius 2 is 2.11 bits per heavy atom. The summed E-state index contributed by atoms with van der Waals surface area (Å²) in [5.41, 5.74) is 8.21. The molecule has 0 radical (unpaired) electrons. The third-order valence-corrected chi connectivity index (χ3v) is 3.37. The number of fused-ring (bicyclic) bond motifs is 1. The predicted octanol–water partition coefficient (Wildman–Crippen LogP) is -0.0183. The maximum atomic E-state index is 11.7. The van der Waals surface area contributed by atoms with Crippen LogP contribution in [0.2, 0.25) is 0 Å². The molecule has 3 rings (SSSR count). The molecule has 0 aliphatic carbocycles. The van der Waals surface area contributed by atoms with E-state index >= 15 is 0 Å². The van der Waals surface area contributed by atoms with Crippen molar-refractivity contribution >= 4 is 28.4 Å². The molecule has 3 N–H and O–H groups in total. The molecule has 1 fully saturated rings. The minimum atomic E-state index is -0.513. The number of carbonyl (C=O) groups excluding carboxylic acids is 1. The van der Waals surface area contributed by atoms with Crippen LogP contribution in [-0.4, -0.2) is 42.5 Å². The molecule has 0 bridgehead atoms. The highest BCUT2D eigenvalue weighted by Gasteiger charge is 2.23. The molecule has 7 nitrogen and oxygen atoms in total. The van der Waals surface area contributed by atoms with Crippen molar-refractivity contribution in [2.24, 2.45) is 0 Å². The molecule has 1 saturated heterocycles. The highest BCUT2D eigenvalue weighted by molar-refractivity contribution is 5.89. The van der Waals surface area contributed by atoms with Gasteiger partial charge in [0.2, 0.25) is 5.91 Å². The standard InChI is InChI=1S/C12H14N4O3/c1-15-2-3-16(6-11(15)17)9-5-8-10(4-7(9)13)19-12(18)14-8/h4-5H,2-3,6,13H2,1H3,(H,14,18). The van der Waals surface area contributed by atoms with E-state index in [-0.39, 0.29) is 12.5 Å². The second kappa shape index (κ2) is 4.04. The van der Waals surface area contributed by atoms with Crippen LogP contribution >= 0.6 is 0 Å². The lowest BCUT2D eigenvalue weighted by Crippen LogP contribution is -2.48. The fourth-order valence-corrected chi connectivity index (χ4v) is 2.24. The largest absolute Gasteiger partial charge is 0.417 e. The lowest BCUT2D eigenvalue weighted by atomic mass is 10.2. The van der Waals surface area contributed by atoms with Crippen molar-refractivity contribution < 1.29 is 9.21 Å². The Bertz CT molecular complexity index is 703. The summed E-state index contributed by atoms with van der Waals surface area (Å²) in [6, 6.07) is 3.35. The smallest absolute Gasteiger partial charge is 0.408 e. The van der Waals surface area contributed by atoms with Crippen LogP contribution in [0, 0.1) is 0 Å². The SMILES string of the molecule is CN1CCN(c2cc3[nH]c(=O)oc3cc2N)CC1=O. The van der Waals surface area contributed by atoms with Crippen LogP contribution in [0.25, 0.3) is 11.1 Å². The van der Waals surface area contributed by atoms with E-state index in [1.54, 1.807) is 24.1 Å². The Morgan fingerprint density at radius 3 is 2.84 bits per heavy atom. The molecule has 1 aliphatic rings. The summed E-state index contributed by atoms with van der Waals surface area (Å²) in [5, 5.41) is 0. The molecular weight excluding hydrogens is 248 g/mol. The number of nitrogens with one attached hydrogen (secondary N) is 1. The summed E-state index contributed by atoms with van der Waals surface area (Å²) in [5.74, 6) is -0.465. The molecule has 2 heterocycles. The average molecular weight is 262 g/mol. The van der Waals surface area contributed by atoms with Crippen LogP contribution in [0.3, 0.4) is 0 Å². The van der Waals surface area contributed by atoms with Gasteiger partial charge in [0.05, 0.1) is 23.4 Å². The monoisotopic (exact) mass is 262 g/mol. The van der Waals surface area contributed by atoms with Crippen LogP contribution in [0.1, 0.15) is 0 Å². The molecule has 1 aliphatic heterocycles. The quantitative estimate of drug-likeness (QED) is 0.704. The fraction of sp³-hybridized carbons (Fsp3) is 0.333. The van der Waals surface area contributed by atoms with Crippen LogP contribution < -0.4 is 16.4 Å². The Kier molecular flexibility index (Phi) is 2.48. The van der Waals surface area contributed by atoms with Crippen LogP contribution in [0.5, 0.6) is 0 Å². The summed E-state index contributed by atoms with van der Waals surface area (Å²) >= 11 is 0. The maximum absolute atomic E-state index is 11.7. The van der Waals surface area contributed by atoms with Crippen molar-refractivity contribution in [3.05, 3.63) is 22.7 Å². The summed E-state index contributed by atoms with van der Waals surface area (Å²) in [6.45, 7) is 1.65. The van der Waals surface area contributed by atoms with Gasteiger partial charge in [-0.15, -0.1) is 0 Å². The fourth-order valence-electron chi connectivity index (χ4n) is 2.24. The first-order chi connectivity index (χ1) is 9.04. The Morgan fingerprint density at radius 1 is 1.32 bits per heavy atom. The van der Waals surface area contributed by atoms with E-state index in [4.69, 9.17) is 10.2 Å². The van der Waals surface area contributed by atoms with Crippen LogP contribution in [-0.2, 0) is 4.79 Å². The molecule has 1 amide bonds. The van der Waals surface area contributed by atoms with Crippen LogP contribution in [0.4, 0.5) is 11.4 Å². The Hall–Kier alpha value is -2.44. The first-order valence-corrected chi connectivity index (χ1v) is 5.96. The Balaban J connectivity index is 2.02. The number of amides is 1. The predicted molar refractivity (Wildman–Crippen MR) is 71.1 cm³/mol. The molecule has 0 atom stereocenters. The van der Waals surface area contributed by atoms with E-state index in [0.717, 1.165) is 5.69 Å². The minimum absolute atomic E-state index is 0.0476. The molecule has 0 unspecified atom stereocenters. The molecule has 7 heteroatoms. The number of anilines is 2. The van der Waals surface area contributed by atoms with E-state index in [1.807, 2.05) is 4.90 Å². The van der Waals surface area contributed by atoms with Crippen molar-refractivity contribution in [3.63, 3.8) is 0 Å². The van der Waals surface area contributed by atoms with E-state index in [9.17, 15) is 9.59 Å². The number of rotatable bonds is 1. The van der Waals surface area contributed by atoms with Gasteiger partial charge in [-0.1, -0.05) is 0 Å². The first-order valence-electron chi connectivity index (χ1n) is 5.96. The number of H-pyrrole nitrogens is 1. The normalized spacial score (nSPS) is 16.4. The van der Waals surface area contributed by atoms with E-state index in [0.29, 0.717) is 29.9 Å². The third-order valence-electron chi connectivity index (χ3n) is 3.37. The molecule has 19 heavy (non-hydrogen) atoms. The molecule has 1 aromatic carbocycles. The number of hydrogen-bond donors (Lipinski definition) is 2. The number of nitrogen functional groups attached to an aromatic ring is 1. The van der Waals surface area contributed by atoms with Gasteiger partial charge >= 0.3 is 5.76 Å².